The summed E-state index contributed by atoms with van der Waals surface area (Å²) in [6.07, 6.45) is 0.834. The van der Waals surface area contributed by atoms with Gasteiger partial charge in [0.2, 0.25) is 0 Å². The summed E-state index contributed by atoms with van der Waals surface area (Å²) in [7, 11) is 0. The first kappa shape index (κ1) is 13.0. The van der Waals surface area contributed by atoms with Crippen LogP contribution in [0.4, 0.5) is 0 Å². The van der Waals surface area contributed by atoms with Crippen molar-refractivity contribution in [3.63, 3.8) is 0 Å². The van der Waals surface area contributed by atoms with Crippen molar-refractivity contribution in [3.8, 4) is 0 Å². The monoisotopic (exact) mass is 208 g/mol. The summed E-state index contributed by atoms with van der Waals surface area (Å²) in [5.41, 5.74) is 1.17. The second-order valence-electron chi connectivity index (χ2n) is 1.64. The van der Waals surface area contributed by atoms with Crippen LogP contribution in [0.5, 0.6) is 0 Å². The first-order valence-electron chi connectivity index (χ1n) is 2.68. The molecule has 0 N–H and O–H groups in total. The van der Waals surface area contributed by atoms with Crippen LogP contribution in [0.1, 0.15) is 5.56 Å². The van der Waals surface area contributed by atoms with Gasteiger partial charge in [0.15, 0.2) is 0 Å². The molecule has 1 aromatic rings. The van der Waals surface area contributed by atoms with E-state index in [-0.39, 0.29) is 40.1 Å². The largest absolute Gasteiger partial charge is 3.00 e. The maximum Gasteiger partial charge on any atom is 3.00 e. The predicted molar refractivity (Wildman–Crippen MR) is 40.8 cm³/mol. The van der Waals surface area contributed by atoms with Crippen molar-refractivity contribution in [2.24, 2.45) is 0 Å². The molecular formula is C9H11Y. The van der Waals surface area contributed by atoms with Crippen molar-refractivity contribution in [1.82, 2.24) is 0 Å². The molecule has 0 heterocycles. The van der Waals surface area contributed by atoms with E-state index in [0.29, 0.717) is 0 Å². The molecule has 0 aliphatic carbocycles. The molecule has 1 heteroatoms. The van der Waals surface area contributed by atoms with E-state index < -0.39 is 0 Å². The van der Waals surface area contributed by atoms with Crippen LogP contribution in [0, 0.1) is 20.4 Å². The zero-order chi connectivity index (χ0) is 5.82. The first-order valence-corrected chi connectivity index (χ1v) is 2.68. The van der Waals surface area contributed by atoms with Gasteiger partial charge in [-0.3, -0.25) is 0 Å². The van der Waals surface area contributed by atoms with Gasteiger partial charge in [-0.25, -0.2) is 0 Å². The predicted octanol–water partition coefficient (Wildman–Crippen LogP) is 2.31. The Morgan fingerprint density at radius 3 is 2.40 bits per heavy atom. The average Bonchev–Trinajstić information content (AvgIpc) is 1.90. The van der Waals surface area contributed by atoms with E-state index in [2.05, 4.69) is 13.0 Å². The van der Waals surface area contributed by atoms with E-state index in [1.165, 1.54) is 5.56 Å². The van der Waals surface area contributed by atoms with Gasteiger partial charge in [0, 0.05) is 0 Å². The molecule has 0 atom stereocenters. The van der Waals surface area contributed by atoms with Gasteiger partial charge in [0.25, 0.3) is 0 Å². The summed E-state index contributed by atoms with van der Waals surface area (Å²) < 4.78 is 0. The van der Waals surface area contributed by atoms with Gasteiger partial charge in [0.1, 0.15) is 0 Å². The van der Waals surface area contributed by atoms with Crippen molar-refractivity contribution < 1.29 is 32.7 Å². The topological polar surface area (TPSA) is 0 Å². The third-order valence-corrected chi connectivity index (χ3v) is 1.04. The van der Waals surface area contributed by atoms with E-state index in [1.54, 1.807) is 0 Å². The van der Waals surface area contributed by atoms with Gasteiger partial charge in [0.05, 0.1) is 0 Å². The van der Waals surface area contributed by atoms with Gasteiger partial charge in [-0.15, -0.1) is 0 Å². The van der Waals surface area contributed by atoms with E-state index in [9.17, 15) is 0 Å². The Kier molecular flexibility index (Phi) is 9.63. The molecule has 0 bridgehead atoms. The smallest absolute Gasteiger partial charge is 0.358 e. The van der Waals surface area contributed by atoms with Gasteiger partial charge in [-0.05, 0) is 0 Å². The fourth-order valence-corrected chi connectivity index (χ4v) is 0.586. The number of hydrogen-bond acceptors (Lipinski definition) is 0. The fraction of sp³-hybridized carbons (Fsp3) is 0.111. The Bertz CT molecular complexity index is 146. The second kappa shape index (κ2) is 7.43. The zero-order valence-corrected chi connectivity index (χ0v) is 9.14. The molecule has 0 fully saturated rings. The Morgan fingerprint density at radius 2 is 2.10 bits per heavy atom. The Morgan fingerprint density at radius 1 is 1.40 bits per heavy atom. The fourth-order valence-electron chi connectivity index (χ4n) is 0.586. The molecule has 50 valence electrons. The summed E-state index contributed by atoms with van der Waals surface area (Å²) in [5, 5.41) is 0. The van der Waals surface area contributed by atoms with Crippen LogP contribution in [-0.2, 0) is 39.1 Å². The minimum Gasteiger partial charge on any atom is -0.358 e. The molecule has 0 aliphatic rings. The summed E-state index contributed by atoms with van der Waals surface area (Å²) in [6.45, 7) is 3.72. The van der Waals surface area contributed by atoms with E-state index in [0.717, 1.165) is 6.42 Å². The molecule has 0 aromatic heterocycles. The number of hydrogen-bond donors (Lipinski definition) is 0. The average molecular weight is 208 g/mol. The van der Waals surface area contributed by atoms with E-state index in [1.807, 2.05) is 24.3 Å². The minimum atomic E-state index is 0. The molecule has 0 nitrogen and oxygen atoms in total. The molecule has 0 amide bonds. The summed E-state index contributed by atoms with van der Waals surface area (Å²) in [4.78, 5) is 0. The third-order valence-electron chi connectivity index (χ3n) is 1.04. The molecule has 0 aliphatic heterocycles. The first-order chi connectivity index (χ1) is 3.93. The Hall–Kier alpha value is 0.324. The van der Waals surface area contributed by atoms with Crippen LogP contribution >= 0.6 is 0 Å². The van der Waals surface area contributed by atoms with Crippen molar-refractivity contribution in [2.45, 2.75) is 6.42 Å². The summed E-state index contributed by atoms with van der Waals surface area (Å²) in [5.74, 6) is 0. The second-order valence-corrected chi connectivity index (χ2v) is 1.64. The Labute approximate surface area is 88.9 Å². The van der Waals surface area contributed by atoms with E-state index in [4.69, 9.17) is 0 Å². The van der Waals surface area contributed by atoms with Crippen LogP contribution in [0.3, 0.4) is 0 Å². The molecule has 0 saturated carbocycles. The Balaban J connectivity index is 0. The molecule has 0 radical (unpaired) electrons. The quantitative estimate of drug-likeness (QED) is 0.621. The molecule has 0 spiro atoms. The van der Waals surface area contributed by atoms with E-state index >= 15 is 0 Å². The van der Waals surface area contributed by atoms with Crippen molar-refractivity contribution in [3.05, 3.63) is 50.2 Å². The minimum absolute atomic E-state index is 0. The SMILES string of the molecule is [CH2-]Cc1[c-]cccc1.[CH3-].[Y+3]. The maximum atomic E-state index is 3.72. The van der Waals surface area contributed by atoms with Gasteiger partial charge < -0.3 is 14.4 Å². The molecule has 0 saturated heterocycles. The van der Waals surface area contributed by atoms with Crippen LogP contribution < -0.4 is 0 Å². The van der Waals surface area contributed by atoms with Gasteiger partial charge >= 0.3 is 32.7 Å². The molecule has 1 rings (SSSR count). The van der Waals surface area contributed by atoms with Crippen molar-refractivity contribution >= 4 is 0 Å². The number of benzene rings is 1. The maximum absolute atomic E-state index is 3.72. The normalized spacial score (nSPS) is 7.30. The van der Waals surface area contributed by atoms with Gasteiger partial charge in [-0.1, -0.05) is 0 Å². The summed E-state index contributed by atoms with van der Waals surface area (Å²) >= 11 is 0. The standard InChI is InChI=1S/C8H8.CH3.Y/c1-2-8-6-4-3-5-7-8;;/h3-6H,1-2H2;1H3;/q-2;-1;+3. The van der Waals surface area contributed by atoms with Crippen LogP contribution in [0.2, 0.25) is 0 Å². The third kappa shape index (κ3) is 4.19. The van der Waals surface area contributed by atoms with Crippen molar-refractivity contribution in [2.75, 3.05) is 0 Å². The number of rotatable bonds is 1. The zero-order valence-electron chi connectivity index (χ0n) is 6.30. The van der Waals surface area contributed by atoms with Crippen LogP contribution in [0.15, 0.2) is 24.3 Å². The summed E-state index contributed by atoms with van der Waals surface area (Å²) in [6, 6.07) is 10.9. The van der Waals surface area contributed by atoms with Gasteiger partial charge in [-0.2, -0.15) is 42.3 Å². The van der Waals surface area contributed by atoms with Crippen LogP contribution in [0.25, 0.3) is 0 Å². The molecule has 10 heavy (non-hydrogen) atoms. The molecule has 0 unspecified atom stereocenters. The van der Waals surface area contributed by atoms with Crippen LogP contribution in [-0.4, -0.2) is 0 Å². The molecular weight excluding hydrogens is 197 g/mol. The molecule has 1 aromatic carbocycles. The van der Waals surface area contributed by atoms with Crippen molar-refractivity contribution in [1.29, 1.82) is 0 Å².